The lowest BCUT2D eigenvalue weighted by Gasteiger charge is -2.00. The summed E-state index contributed by atoms with van der Waals surface area (Å²) in [6.07, 6.45) is 17.1. The Morgan fingerprint density at radius 3 is 1.56 bits per heavy atom. The van der Waals surface area contributed by atoms with E-state index in [2.05, 4.69) is 18.8 Å². The standard InChI is InChI=1S/C17H31Cl/c1-2-3-4-5-6-7-8-9-10-11-12-13-14-15-16-17-18/h2-12,15-17H2,1H3. The van der Waals surface area contributed by atoms with E-state index < -0.39 is 0 Å². The molecule has 0 saturated heterocycles. The first-order valence-corrected chi connectivity index (χ1v) is 8.47. The molecule has 18 heavy (non-hydrogen) atoms. The van der Waals surface area contributed by atoms with Crippen LogP contribution in [0.15, 0.2) is 0 Å². The van der Waals surface area contributed by atoms with E-state index in [0.717, 1.165) is 25.1 Å². The fourth-order valence-electron chi connectivity index (χ4n) is 2.03. The molecule has 0 N–H and O–H groups in total. The van der Waals surface area contributed by atoms with E-state index in [1.54, 1.807) is 0 Å². The van der Waals surface area contributed by atoms with Crippen molar-refractivity contribution in [2.45, 2.75) is 90.4 Å². The van der Waals surface area contributed by atoms with Crippen molar-refractivity contribution in [3.05, 3.63) is 0 Å². The second-order valence-electron chi connectivity index (χ2n) is 5.08. The van der Waals surface area contributed by atoms with Crippen molar-refractivity contribution in [2.24, 2.45) is 0 Å². The van der Waals surface area contributed by atoms with Gasteiger partial charge in [0.25, 0.3) is 0 Å². The molecule has 0 rings (SSSR count). The third-order valence-corrected chi connectivity index (χ3v) is 3.48. The summed E-state index contributed by atoms with van der Waals surface area (Å²) in [5, 5.41) is 0. The van der Waals surface area contributed by atoms with E-state index in [1.807, 2.05) is 0 Å². The molecule has 0 amide bonds. The van der Waals surface area contributed by atoms with Crippen LogP contribution in [0.25, 0.3) is 0 Å². The van der Waals surface area contributed by atoms with Gasteiger partial charge in [-0.2, -0.15) is 0 Å². The first-order valence-electron chi connectivity index (χ1n) is 7.93. The Bertz CT molecular complexity index is 199. The minimum absolute atomic E-state index is 0.743. The van der Waals surface area contributed by atoms with Crippen LogP contribution in [0.1, 0.15) is 90.4 Å². The molecule has 0 saturated carbocycles. The van der Waals surface area contributed by atoms with E-state index in [0.29, 0.717) is 0 Å². The Morgan fingerprint density at radius 2 is 1.06 bits per heavy atom. The van der Waals surface area contributed by atoms with Crippen molar-refractivity contribution in [2.75, 3.05) is 5.88 Å². The van der Waals surface area contributed by atoms with E-state index in [1.165, 1.54) is 64.2 Å². The second-order valence-corrected chi connectivity index (χ2v) is 5.46. The third kappa shape index (κ3) is 15.9. The molecule has 0 heterocycles. The van der Waals surface area contributed by atoms with Gasteiger partial charge in [-0.3, -0.25) is 0 Å². The van der Waals surface area contributed by atoms with Gasteiger partial charge in [-0.15, -0.1) is 23.4 Å². The monoisotopic (exact) mass is 270 g/mol. The van der Waals surface area contributed by atoms with Gasteiger partial charge in [-0.25, -0.2) is 0 Å². The number of alkyl halides is 1. The average Bonchev–Trinajstić information content (AvgIpc) is 2.39. The average molecular weight is 271 g/mol. The number of rotatable bonds is 12. The molecule has 0 aromatic heterocycles. The predicted octanol–water partition coefficient (Wildman–Crippen LogP) is 6.32. The molecule has 0 aromatic rings. The van der Waals surface area contributed by atoms with Crippen molar-refractivity contribution in [3.63, 3.8) is 0 Å². The fourth-order valence-corrected chi connectivity index (χ4v) is 2.17. The molecule has 0 nitrogen and oxygen atoms in total. The quantitative estimate of drug-likeness (QED) is 0.221. The molecule has 0 bridgehead atoms. The largest absolute Gasteiger partial charge is 0.127 e. The van der Waals surface area contributed by atoms with Crippen molar-refractivity contribution >= 4 is 11.6 Å². The summed E-state index contributed by atoms with van der Waals surface area (Å²) in [4.78, 5) is 0. The van der Waals surface area contributed by atoms with Crippen molar-refractivity contribution in [1.29, 1.82) is 0 Å². The van der Waals surface area contributed by atoms with Crippen LogP contribution in [0.3, 0.4) is 0 Å². The highest BCUT2D eigenvalue weighted by molar-refractivity contribution is 6.17. The van der Waals surface area contributed by atoms with E-state index in [4.69, 9.17) is 11.6 Å². The Balaban J connectivity index is 3.00. The lowest BCUT2D eigenvalue weighted by molar-refractivity contribution is 0.558. The summed E-state index contributed by atoms with van der Waals surface area (Å²) >= 11 is 5.58. The second kappa shape index (κ2) is 16.9. The van der Waals surface area contributed by atoms with Crippen LogP contribution in [0, 0.1) is 11.8 Å². The number of halogens is 1. The van der Waals surface area contributed by atoms with Gasteiger partial charge in [0.2, 0.25) is 0 Å². The van der Waals surface area contributed by atoms with Gasteiger partial charge in [-0.1, -0.05) is 64.7 Å². The van der Waals surface area contributed by atoms with Gasteiger partial charge in [0.15, 0.2) is 0 Å². The van der Waals surface area contributed by atoms with Crippen LogP contribution >= 0.6 is 11.6 Å². The normalized spacial score (nSPS) is 10.1. The highest BCUT2D eigenvalue weighted by Gasteiger charge is 1.91. The summed E-state index contributed by atoms with van der Waals surface area (Å²) in [5.41, 5.74) is 0. The maximum Gasteiger partial charge on any atom is 0.0232 e. The summed E-state index contributed by atoms with van der Waals surface area (Å²) in [6.45, 7) is 2.28. The minimum Gasteiger partial charge on any atom is -0.127 e. The molecule has 1 heteroatoms. The zero-order valence-electron chi connectivity index (χ0n) is 12.3. The number of unbranched alkanes of at least 4 members (excludes halogenated alkanes) is 11. The molecular weight excluding hydrogens is 240 g/mol. The fraction of sp³-hybridized carbons (Fsp3) is 0.882. The van der Waals surface area contributed by atoms with Gasteiger partial charge >= 0.3 is 0 Å². The maximum absolute atomic E-state index is 5.58. The zero-order chi connectivity index (χ0) is 13.3. The highest BCUT2D eigenvalue weighted by Crippen LogP contribution is 2.10. The zero-order valence-corrected chi connectivity index (χ0v) is 13.0. The topological polar surface area (TPSA) is 0 Å². The minimum atomic E-state index is 0.743. The molecule has 0 aromatic carbocycles. The van der Waals surface area contributed by atoms with Gasteiger partial charge < -0.3 is 0 Å². The first kappa shape index (κ1) is 17.8. The van der Waals surface area contributed by atoms with Crippen molar-refractivity contribution < 1.29 is 0 Å². The predicted molar refractivity (Wildman–Crippen MR) is 84.2 cm³/mol. The third-order valence-electron chi connectivity index (χ3n) is 3.22. The molecule has 0 atom stereocenters. The molecule has 0 aliphatic carbocycles. The van der Waals surface area contributed by atoms with Gasteiger partial charge in [0.1, 0.15) is 0 Å². The van der Waals surface area contributed by atoms with Crippen LogP contribution in [0.5, 0.6) is 0 Å². The Hall–Kier alpha value is -0.150. The highest BCUT2D eigenvalue weighted by atomic mass is 35.5. The van der Waals surface area contributed by atoms with Gasteiger partial charge in [-0.05, 0) is 12.8 Å². The molecule has 0 aliphatic rings. The first-order chi connectivity index (χ1) is 8.91. The lowest BCUT2D eigenvalue weighted by atomic mass is 10.1. The van der Waals surface area contributed by atoms with E-state index >= 15 is 0 Å². The van der Waals surface area contributed by atoms with E-state index in [-0.39, 0.29) is 0 Å². The van der Waals surface area contributed by atoms with Crippen LogP contribution in [-0.2, 0) is 0 Å². The summed E-state index contributed by atoms with van der Waals surface area (Å²) in [7, 11) is 0. The SMILES string of the molecule is CCCCCCCCCCCCC#CCCCCl. The molecule has 0 radical (unpaired) electrons. The summed E-state index contributed by atoms with van der Waals surface area (Å²) in [6, 6.07) is 0. The maximum atomic E-state index is 5.58. The number of hydrogen-bond donors (Lipinski definition) is 0. The lowest BCUT2D eigenvalue weighted by Crippen LogP contribution is -1.81. The Kier molecular flexibility index (Phi) is 16.7. The van der Waals surface area contributed by atoms with Gasteiger partial charge in [0, 0.05) is 18.7 Å². The smallest absolute Gasteiger partial charge is 0.0232 e. The molecule has 0 unspecified atom stereocenters. The van der Waals surface area contributed by atoms with E-state index in [9.17, 15) is 0 Å². The molecule has 106 valence electrons. The van der Waals surface area contributed by atoms with Crippen molar-refractivity contribution in [3.8, 4) is 11.8 Å². The van der Waals surface area contributed by atoms with Crippen molar-refractivity contribution in [1.82, 2.24) is 0 Å². The Morgan fingerprint density at radius 1 is 0.611 bits per heavy atom. The molecular formula is C17H31Cl. The Labute approximate surface area is 120 Å². The summed E-state index contributed by atoms with van der Waals surface area (Å²) in [5.74, 6) is 7.16. The van der Waals surface area contributed by atoms with Crippen LogP contribution in [0.2, 0.25) is 0 Å². The molecule has 0 fully saturated rings. The van der Waals surface area contributed by atoms with Crippen LogP contribution in [-0.4, -0.2) is 5.88 Å². The van der Waals surface area contributed by atoms with Gasteiger partial charge in [0.05, 0.1) is 0 Å². The van der Waals surface area contributed by atoms with Crippen LogP contribution in [0.4, 0.5) is 0 Å². The molecule has 0 spiro atoms. The number of hydrogen-bond acceptors (Lipinski definition) is 0. The molecule has 0 aliphatic heterocycles. The summed E-state index contributed by atoms with van der Waals surface area (Å²) < 4.78 is 0. The van der Waals surface area contributed by atoms with Crippen LogP contribution < -0.4 is 0 Å².